The van der Waals surface area contributed by atoms with Crippen LogP contribution in [0.1, 0.15) is 37.3 Å². The van der Waals surface area contributed by atoms with Gasteiger partial charge in [-0.3, -0.25) is 19.5 Å². The van der Waals surface area contributed by atoms with Crippen molar-refractivity contribution in [2.24, 2.45) is 10.9 Å². The molecule has 0 saturated carbocycles. The van der Waals surface area contributed by atoms with Gasteiger partial charge in [0, 0.05) is 17.0 Å². The van der Waals surface area contributed by atoms with Gasteiger partial charge < -0.3 is 4.74 Å². The molecule has 0 saturated heterocycles. The highest BCUT2D eigenvalue weighted by atomic mass is 32.1. The summed E-state index contributed by atoms with van der Waals surface area (Å²) in [5, 5.41) is 13.0. The first-order valence-corrected chi connectivity index (χ1v) is 11.9. The van der Waals surface area contributed by atoms with Crippen LogP contribution in [0.4, 0.5) is 5.69 Å². The Morgan fingerprint density at radius 2 is 2.12 bits per heavy atom. The van der Waals surface area contributed by atoms with Crippen LogP contribution in [0.3, 0.4) is 0 Å². The summed E-state index contributed by atoms with van der Waals surface area (Å²) in [4.78, 5) is 42.9. The number of carbonyl (C=O) groups excluding carboxylic acids is 1. The fourth-order valence-electron chi connectivity index (χ4n) is 3.50. The van der Waals surface area contributed by atoms with Crippen molar-refractivity contribution in [2.75, 3.05) is 6.61 Å². The Balaban J connectivity index is 1.86. The molecule has 3 heterocycles. The fourth-order valence-corrected chi connectivity index (χ4v) is 5.37. The van der Waals surface area contributed by atoms with Crippen LogP contribution in [-0.4, -0.2) is 22.1 Å². The summed E-state index contributed by atoms with van der Waals surface area (Å²) in [6.45, 7) is 5.91. The molecule has 1 aliphatic rings. The third-order valence-corrected chi connectivity index (χ3v) is 6.89. The number of esters is 1. The average Bonchev–Trinajstić information content (AvgIpc) is 3.40. The lowest BCUT2D eigenvalue weighted by atomic mass is 10.0. The van der Waals surface area contributed by atoms with E-state index in [2.05, 4.69) is 4.99 Å². The van der Waals surface area contributed by atoms with Gasteiger partial charge in [0.25, 0.3) is 11.2 Å². The molecule has 3 aromatic rings. The normalized spacial score (nSPS) is 16.0. The third kappa shape index (κ3) is 4.57. The van der Waals surface area contributed by atoms with Crippen LogP contribution >= 0.6 is 22.7 Å². The third-order valence-electron chi connectivity index (χ3n) is 4.98. The second kappa shape index (κ2) is 9.24. The summed E-state index contributed by atoms with van der Waals surface area (Å²) < 4.78 is 7.39. The fraction of sp³-hybridized carbons (Fsp3) is 0.261. The molecular formula is C23H21N3O5S2. The molecule has 4 rings (SSSR count). The highest BCUT2D eigenvalue weighted by Crippen LogP contribution is 2.33. The Hall–Kier alpha value is -3.37. The number of nitro benzene ring substituents is 1. The lowest BCUT2D eigenvalue weighted by Crippen LogP contribution is -2.39. The number of rotatable bonds is 6. The van der Waals surface area contributed by atoms with E-state index in [1.165, 1.54) is 39.4 Å². The van der Waals surface area contributed by atoms with E-state index >= 15 is 0 Å². The monoisotopic (exact) mass is 483 g/mol. The van der Waals surface area contributed by atoms with E-state index in [0.29, 0.717) is 26.2 Å². The summed E-state index contributed by atoms with van der Waals surface area (Å²) in [5.41, 5.74) is 1.01. The number of allylic oxidation sites excluding steroid dienone is 1. The molecule has 0 aliphatic carbocycles. The molecule has 33 heavy (non-hydrogen) atoms. The Bertz CT molecular complexity index is 1430. The number of fused-ring (bicyclic) bond motifs is 1. The molecule has 0 fully saturated rings. The lowest BCUT2D eigenvalue weighted by Gasteiger charge is -2.23. The molecule has 170 valence electrons. The van der Waals surface area contributed by atoms with Crippen molar-refractivity contribution in [3.05, 3.63) is 93.3 Å². The second-order valence-corrected chi connectivity index (χ2v) is 9.93. The van der Waals surface area contributed by atoms with E-state index < -0.39 is 16.9 Å². The SMILES string of the molecule is CC1=C(C(=O)OCC(C)C)[C@@H](c2cccs2)n2c(s/c(=C/c3cccc([N+](=O)[O-])c3)c2=O)=N1. The zero-order valence-electron chi connectivity index (χ0n) is 18.2. The first-order valence-electron chi connectivity index (χ1n) is 10.2. The van der Waals surface area contributed by atoms with Gasteiger partial charge in [0.2, 0.25) is 0 Å². The van der Waals surface area contributed by atoms with Crippen molar-refractivity contribution in [1.29, 1.82) is 0 Å². The molecule has 1 atom stereocenters. The molecule has 0 amide bonds. The number of thiophene rings is 1. The van der Waals surface area contributed by atoms with E-state index in [1.807, 2.05) is 31.4 Å². The zero-order valence-corrected chi connectivity index (χ0v) is 19.8. The Kier molecular flexibility index (Phi) is 6.39. The highest BCUT2D eigenvalue weighted by Gasteiger charge is 2.34. The van der Waals surface area contributed by atoms with E-state index in [-0.39, 0.29) is 23.8 Å². The van der Waals surface area contributed by atoms with E-state index in [0.717, 1.165) is 4.88 Å². The minimum Gasteiger partial charge on any atom is -0.462 e. The van der Waals surface area contributed by atoms with E-state index in [4.69, 9.17) is 4.74 Å². The van der Waals surface area contributed by atoms with Crippen molar-refractivity contribution in [3.63, 3.8) is 0 Å². The van der Waals surface area contributed by atoms with Gasteiger partial charge in [-0.15, -0.1) is 11.3 Å². The lowest BCUT2D eigenvalue weighted by molar-refractivity contribution is -0.384. The molecule has 0 unspecified atom stereocenters. The Morgan fingerprint density at radius 1 is 1.33 bits per heavy atom. The van der Waals surface area contributed by atoms with Gasteiger partial charge in [-0.05, 0) is 35.9 Å². The molecule has 10 heteroatoms. The van der Waals surface area contributed by atoms with Crippen LogP contribution in [0.25, 0.3) is 6.08 Å². The van der Waals surface area contributed by atoms with Crippen molar-refractivity contribution < 1.29 is 14.5 Å². The Morgan fingerprint density at radius 3 is 2.79 bits per heavy atom. The maximum atomic E-state index is 13.5. The smallest absolute Gasteiger partial charge is 0.338 e. The maximum absolute atomic E-state index is 13.5. The van der Waals surface area contributed by atoms with Crippen LogP contribution in [0.15, 0.2) is 62.8 Å². The van der Waals surface area contributed by atoms with Crippen LogP contribution in [0.2, 0.25) is 0 Å². The topological polar surface area (TPSA) is 104 Å². The number of aromatic nitrogens is 1. The predicted molar refractivity (Wildman–Crippen MR) is 127 cm³/mol. The summed E-state index contributed by atoms with van der Waals surface area (Å²) in [5.74, 6) is -0.317. The standard InChI is InChI=1S/C23H21N3O5S2/c1-13(2)12-31-22(28)19-14(3)24-23-25(20(19)17-8-5-9-32-17)21(27)18(33-23)11-15-6-4-7-16(10-15)26(29)30/h4-11,13,20H,12H2,1-3H3/b18-11+/t20-/m1/s1. The van der Waals surface area contributed by atoms with Gasteiger partial charge in [-0.1, -0.05) is 43.4 Å². The molecule has 1 aromatic carbocycles. The number of nitrogens with zero attached hydrogens (tertiary/aromatic N) is 3. The molecule has 1 aliphatic heterocycles. The first-order chi connectivity index (χ1) is 15.8. The number of nitro groups is 1. The number of hydrogen-bond acceptors (Lipinski definition) is 8. The van der Waals surface area contributed by atoms with Crippen molar-refractivity contribution in [1.82, 2.24) is 4.57 Å². The molecule has 0 bridgehead atoms. The zero-order chi connectivity index (χ0) is 23.7. The largest absolute Gasteiger partial charge is 0.462 e. The van der Waals surface area contributed by atoms with E-state index in [1.54, 1.807) is 25.1 Å². The summed E-state index contributed by atoms with van der Waals surface area (Å²) >= 11 is 2.63. The van der Waals surface area contributed by atoms with Gasteiger partial charge in [0.1, 0.15) is 6.04 Å². The van der Waals surface area contributed by atoms with Crippen LogP contribution < -0.4 is 14.9 Å². The van der Waals surface area contributed by atoms with Crippen LogP contribution in [-0.2, 0) is 9.53 Å². The van der Waals surface area contributed by atoms with Gasteiger partial charge in [-0.2, -0.15) is 0 Å². The van der Waals surface area contributed by atoms with Gasteiger partial charge in [-0.25, -0.2) is 9.79 Å². The van der Waals surface area contributed by atoms with Crippen LogP contribution in [0.5, 0.6) is 0 Å². The minimum atomic E-state index is -0.645. The number of benzene rings is 1. The number of thiazole rings is 1. The Labute approximate surface area is 197 Å². The average molecular weight is 484 g/mol. The first kappa shape index (κ1) is 22.8. The molecule has 8 nitrogen and oxygen atoms in total. The second-order valence-electron chi connectivity index (χ2n) is 7.94. The van der Waals surface area contributed by atoms with Crippen molar-refractivity contribution >= 4 is 40.4 Å². The molecular weight excluding hydrogens is 462 g/mol. The number of hydrogen-bond donors (Lipinski definition) is 0. The summed E-state index contributed by atoms with van der Waals surface area (Å²) in [6.07, 6.45) is 1.61. The highest BCUT2D eigenvalue weighted by molar-refractivity contribution is 7.10. The quantitative estimate of drug-likeness (QED) is 0.304. The van der Waals surface area contributed by atoms with Crippen molar-refractivity contribution in [2.45, 2.75) is 26.8 Å². The van der Waals surface area contributed by atoms with E-state index in [9.17, 15) is 19.7 Å². The van der Waals surface area contributed by atoms with Gasteiger partial charge in [0.15, 0.2) is 4.80 Å². The summed E-state index contributed by atoms with van der Waals surface area (Å²) in [7, 11) is 0. The van der Waals surface area contributed by atoms with Gasteiger partial charge in [0.05, 0.1) is 27.3 Å². The summed E-state index contributed by atoms with van der Waals surface area (Å²) in [6, 6.07) is 9.17. The molecule has 2 aromatic heterocycles. The number of carbonyl (C=O) groups is 1. The molecule has 0 radical (unpaired) electrons. The van der Waals surface area contributed by atoms with Gasteiger partial charge >= 0.3 is 5.97 Å². The molecule has 0 N–H and O–H groups in total. The minimum absolute atomic E-state index is 0.0565. The van der Waals surface area contributed by atoms with Crippen molar-refractivity contribution in [3.8, 4) is 0 Å². The number of non-ortho nitro benzene ring substituents is 1. The maximum Gasteiger partial charge on any atom is 0.338 e. The predicted octanol–water partition coefficient (Wildman–Crippen LogP) is 3.40. The number of ether oxygens (including phenoxy) is 1. The van der Waals surface area contributed by atoms with Crippen LogP contribution in [0, 0.1) is 16.0 Å². The molecule has 0 spiro atoms.